The lowest BCUT2D eigenvalue weighted by atomic mass is 10.1. The monoisotopic (exact) mass is 260 g/mol. The predicted octanol–water partition coefficient (Wildman–Crippen LogP) is 2.99. The third-order valence-corrected chi connectivity index (χ3v) is 2.77. The average molecular weight is 261 g/mol. The Labute approximate surface area is 109 Å². The number of hydrogen-bond donors (Lipinski definition) is 1. The number of halogens is 1. The van der Waals surface area contributed by atoms with Crippen molar-refractivity contribution in [3.05, 3.63) is 41.0 Å². The van der Waals surface area contributed by atoms with Gasteiger partial charge in [-0.15, -0.1) is 0 Å². The van der Waals surface area contributed by atoms with Crippen molar-refractivity contribution in [1.29, 1.82) is 5.26 Å². The third-order valence-electron chi connectivity index (χ3n) is 2.46. The number of rotatable bonds is 2. The molecule has 90 valence electrons. The number of aromatic hydroxyl groups is 1. The first kappa shape index (κ1) is 12.2. The van der Waals surface area contributed by atoms with Crippen LogP contribution in [0.15, 0.2) is 30.5 Å². The van der Waals surface area contributed by atoms with Crippen LogP contribution in [0.4, 0.5) is 0 Å². The van der Waals surface area contributed by atoms with Gasteiger partial charge in [-0.05, 0) is 24.3 Å². The second kappa shape index (κ2) is 4.94. The van der Waals surface area contributed by atoms with Crippen LogP contribution >= 0.6 is 11.6 Å². The van der Waals surface area contributed by atoms with Crippen LogP contribution in [-0.4, -0.2) is 17.2 Å². The Hall–Kier alpha value is -2.25. The fourth-order valence-electron chi connectivity index (χ4n) is 1.52. The summed E-state index contributed by atoms with van der Waals surface area (Å²) in [5, 5.41) is 18.7. The van der Waals surface area contributed by atoms with Gasteiger partial charge in [0.15, 0.2) is 5.75 Å². The molecule has 1 aromatic heterocycles. The zero-order valence-electron chi connectivity index (χ0n) is 9.51. The molecule has 0 saturated carbocycles. The van der Waals surface area contributed by atoms with Crippen molar-refractivity contribution in [3.63, 3.8) is 0 Å². The first-order valence-corrected chi connectivity index (χ1v) is 5.46. The number of nitrogens with zero attached hydrogens (tertiary/aromatic N) is 2. The molecule has 1 aromatic carbocycles. The molecule has 0 aliphatic rings. The van der Waals surface area contributed by atoms with Crippen molar-refractivity contribution in [2.24, 2.45) is 0 Å². The van der Waals surface area contributed by atoms with E-state index < -0.39 is 0 Å². The molecule has 2 rings (SSSR count). The highest BCUT2D eigenvalue weighted by Crippen LogP contribution is 2.31. The van der Waals surface area contributed by atoms with Gasteiger partial charge in [0, 0.05) is 5.56 Å². The molecule has 1 N–H and O–H groups in total. The molecule has 0 unspecified atom stereocenters. The molecule has 0 saturated heterocycles. The molecular weight excluding hydrogens is 252 g/mol. The van der Waals surface area contributed by atoms with E-state index in [1.165, 1.54) is 12.3 Å². The van der Waals surface area contributed by atoms with Crippen molar-refractivity contribution >= 4 is 11.6 Å². The zero-order chi connectivity index (χ0) is 13.1. The van der Waals surface area contributed by atoms with Crippen molar-refractivity contribution in [3.8, 4) is 28.8 Å². The molecule has 0 fully saturated rings. The van der Waals surface area contributed by atoms with Crippen LogP contribution in [0.1, 0.15) is 5.56 Å². The smallest absolute Gasteiger partial charge is 0.151 e. The van der Waals surface area contributed by atoms with E-state index in [0.29, 0.717) is 22.0 Å². The molecule has 2 aromatic rings. The topological polar surface area (TPSA) is 66.1 Å². The summed E-state index contributed by atoms with van der Waals surface area (Å²) in [5.41, 5.74) is 1.36. The van der Waals surface area contributed by atoms with Gasteiger partial charge in [0.1, 0.15) is 11.8 Å². The summed E-state index contributed by atoms with van der Waals surface area (Å²) in [6, 6.07) is 8.55. The molecule has 5 heteroatoms. The van der Waals surface area contributed by atoms with Gasteiger partial charge in [-0.3, -0.25) is 4.98 Å². The van der Waals surface area contributed by atoms with Crippen LogP contribution in [0.5, 0.6) is 11.5 Å². The quantitative estimate of drug-likeness (QED) is 0.901. The zero-order valence-corrected chi connectivity index (χ0v) is 10.3. The number of methoxy groups -OCH3 is 1. The highest BCUT2D eigenvalue weighted by atomic mass is 35.5. The Morgan fingerprint density at radius 1 is 1.39 bits per heavy atom. The number of ether oxygens (including phenoxy) is 1. The number of benzene rings is 1. The molecule has 0 bridgehead atoms. The minimum absolute atomic E-state index is 0.147. The molecule has 1 heterocycles. The minimum Gasteiger partial charge on any atom is -0.505 e. The van der Waals surface area contributed by atoms with E-state index in [4.69, 9.17) is 21.6 Å². The van der Waals surface area contributed by atoms with Crippen LogP contribution in [0.3, 0.4) is 0 Å². The Morgan fingerprint density at radius 2 is 2.17 bits per heavy atom. The summed E-state index contributed by atoms with van der Waals surface area (Å²) in [7, 11) is 1.55. The predicted molar refractivity (Wildman–Crippen MR) is 67.6 cm³/mol. The Bertz CT molecular complexity index is 635. The first-order valence-electron chi connectivity index (χ1n) is 5.08. The lowest BCUT2D eigenvalue weighted by Gasteiger charge is -2.07. The summed E-state index contributed by atoms with van der Waals surface area (Å²) >= 11 is 6.11. The standard InChI is InChI=1S/C13H9ClN2O2/c1-18-9-2-3-10(11(14)5-9)12-4-8(6-15)13(17)7-16-12/h2-5,7,17H,1H3. The lowest BCUT2D eigenvalue weighted by molar-refractivity contribution is 0.415. The maximum Gasteiger partial charge on any atom is 0.151 e. The first-order chi connectivity index (χ1) is 8.65. The molecule has 4 nitrogen and oxygen atoms in total. The van der Waals surface area contributed by atoms with E-state index >= 15 is 0 Å². The van der Waals surface area contributed by atoms with Crippen LogP contribution in [0.25, 0.3) is 11.3 Å². The fraction of sp³-hybridized carbons (Fsp3) is 0.0769. The molecule has 18 heavy (non-hydrogen) atoms. The van der Waals surface area contributed by atoms with E-state index in [0.717, 1.165) is 0 Å². The summed E-state index contributed by atoms with van der Waals surface area (Å²) in [6.45, 7) is 0. The van der Waals surface area contributed by atoms with Gasteiger partial charge >= 0.3 is 0 Å². The highest BCUT2D eigenvalue weighted by molar-refractivity contribution is 6.33. The molecule has 0 radical (unpaired) electrons. The molecule has 0 aliphatic heterocycles. The lowest BCUT2D eigenvalue weighted by Crippen LogP contribution is -1.89. The van der Waals surface area contributed by atoms with Gasteiger partial charge < -0.3 is 9.84 Å². The number of hydrogen-bond acceptors (Lipinski definition) is 4. The summed E-state index contributed by atoms with van der Waals surface area (Å²) in [4.78, 5) is 4.05. The van der Waals surface area contributed by atoms with E-state index in [1.807, 2.05) is 6.07 Å². The molecule has 0 aliphatic carbocycles. The van der Waals surface area contributed by atoms with Gasteiger partial charge in [-0.25, -0.2) is 0 Å². The summed E-state index contributed by atoms with van der Waals surface area (Å²) in [6.07, 6.45) is 1.23. The second-order valence-electron chi connectivity index (χ2n) is 3.54. The van der Waals surface area contributed by atoms with E-state index in [9.17, 15) is 5.11 Å². The van der Waals surface area contributed by atoms with E-state index in [2.05, 4.69) is 4.98 Å². The Kier molecular flexibility index (Phi) is 3.35. The Balaban J connectivity index is 2.52. The maximum atomic E-state index is 9.40. The number of nitriles is 1. The van der Waals surface area contributed by atoms with Crippen molar-refractivity contribution < 1.29 is 9.84 Å². The maximum absolute atomic E-state index is 9.40. The van der Waals surface area contributed by atoms with Crippen LogP contribution in [0.2, 0.25) is 5.02 Å². The van der Waals surface area contributed by atoms with Gasteiger partial charge in [0.2, 0.25) is 0 Å². The van der Waals surface area contributed by atoms with Crippen LogP contribution in [-0.2, 0) is 0 Å². The highest BCUT2D eigenvalue weighted by Gasteiger charge is 2.09. The Morgan fingerprint density at radius 3 is 2.78 bits per heavy atom. The summed E-state index contributed by atoms with van der Waals surface area (Å²) in [5.74, 6) is 0.494. The molecule has 0 spiro atoms. The van der Waals surface area contributed by atoms with Crippen molar-refractivity contribution in [2.45, 2.75) is 0 Å². The van der Waals surface area contributed by atoms with Crippen LogP contribution in [0, 0.1) is 11.3 Å². The van der Waals surface area contributed by atoms with Gasteiger partial charge in [-0.1, -0.05) is 11.6 Å². The second-order valence-corrected chi connectivity index (χ2v) is 3.95. The average Bonchev–Trinajstić information content (AvgIpc) is 2.39. The van der Waals surface area contributed by atoms with Gasteiger partial charge in [-0.2, -0.15) is 5.26 Å². The largest absolute Gasteiger partial charge is 0.505 e. The molecule has 0 atom stereocenters. The normalized spacial score (nSPS) is 9.83. The number of pyridine rings is 1. The molecule has 0 amide bonds. The van der Waals surface area contributed by atoms with Crippen LogP contribution < -0.4 is 4.74 Å². The third kappa shape index (κ3) is 2.22. The fourth-order valence-corrected chi connectivity index (χ4v) is 1.78. The SMILES string of the molecule is COc1ccc(-c2cc(C#N)c(O)cn2)c(Cl)c1. The summed E-state index contributed by atoms with van der Waals surface area (Å²) < 4.78 is 5.05. The minimum atomic E-state index is -0.147. The van der Waals surface area contributed by atoms with E-state index in [-0.39, 0.29) is 11.3 Å². The molecular formula is C13H9ClN2O2. The van der Waals surface area contributed by atoms with Gasteiger partial charge in [0.05, 0.1) is 29.6 Å². The van der Waals surface area contributed by atoms with Crippen molar-refractivity contribution in [2.75, 3.05) is 7.11 Å². The van der Waals surface area contributed by atoms with Gasteiger partial charge in [0.25, 0.3) is 0 Å². The van der Waals surface area contributed by atoms with E-state index in [1.54, 1.807) is 25.3 Å². The number of aromatic nitrogens is 1. The van der Waals surface area contributed by atoms with Crippen molar-refractivity contribution in [1.82, 2.24) is 4.98 Å².